The van der Waals surface area contributed by atoms with E-state index in [2.05, 4.69) is 15.9 Å². The molecule has 1 N–H and O–H groups in total. The summed E-state index contributed by atoms with van der Waals surface area (Å²) in [5.41, 5.74) is 0.487. The first-order valence-electron chi connectivity index (χ1n) is 6.82. The SMILES string of the molecule is O=C(O)C1CN(Cc2c(F)cc(Br)cc2F)c2ccccc2O1. The molecule has 2 aromatic carbocycles. The van der Waals surface area contributed by atoms with E-state index in [0.717, 1.165) is 0 Å². The van der Waals surface area contributed by atoms with Crippen LogP contribution >= 0.6 is 15.9 Å². The number of rotatable bonds is 3. The summed E-state index contributed by atoms with van der Waals surface area (Å²) < 4.78 is 33.8. The van der Waals surface area contributed by atoms with Gasteiger partial charge in [-0.05, 0) is 24.3 Å². The molecule has 0 radical (unpaired) electrons. The molecule has 0 saturated carbocycles. The van der Waals surface area contributed by atoms with Gasteiger partial charge in [-0.1, -0.05) is 28.1 Å². The number of nitrogens with zero attached hydrogens (tertiary/aromatic N) is 1. The minimum atomic E-state index is -1.12. The molecule has 23 heavy (non-hydrogen) atoms. The fraction of sp³-hybridized carbons (Fsp3) is 0.188. The third-order valence-corrected chi connectivity index (χ3v) is 4.05. The highest BCUT2D eigenvalue weighted by Gasteiger charge is 2.31. The molecule has 120 valence electrons. The molecular weight excluding hydrogens is 372 g/mol. The van der Waals surface area contributed by atoms with Gasteiger partial charge in [-0.3, -0.25) is 0 Å². The Labute approximate surface area is 139 Å². The van der Waals surface area contributed by atoms with Crippen molar-refractivity contribution in [3.63, 3.8) is 0 Å². The molecule has 1 atom stereocenters. The Balaban J connectivity index is 1.97. The van der Waals surface area contributed by atoms with Gasteiger partial charge in [0.05, 0.1) is 12.2 Å². The van der Waals surface area contributed by atoms with Gasteiger partial charge in [0.2, 0.25) is 6.10 Å². The maximum atomic E-state index is 14.1. The molecule has 0 amide bonds. The Bertz CT molecular complexity index is 746. The summed E-state index contributed by atoms with van der Waals surface area (Å²) in [5.74, 6) is -2.12. The molecule has 1 aliphatic rings. The lowest BCUT2D eigenvalue weighted by atomic mass is 10.1. The van der Waals surface area contributed by atoms with Crippen LogP contribution in [0.3, 0.4) is 0 Å². The van der Waals surface area contributed by atoms with Crippen LogP contribution in [0.2, 0.25) is 0 Å². The Hall–Kier alpha value is -2.15. The molecule has 0 spiro atoms. The smallest absolute Gasteiger partial charge is 0.346 e. The van der Waals surface area contributed by atoms with E-state index in [1.807, 2.05) is 0 Å². The van der Waals surface area contributed by atoms with E-state index >= 15 is 0 Å². The monoisotopic (exact) mass is 383 g/mol. The van der Waals surface area contributed by atoms with Crippen molar-refractivity contribution in [1.29, 1.82) is 0 Å². The average Bonchev–Trinajstić information content (AvgIpc) is 2.50. The molecule has 3 rings (SSSR count). The zero-order valence-electron chi connectivity index (χ0n) is 11.8. The highest BCUT2D eigenvalue weighted by molar-refractivity contribution is 9.10. The minimum absolute atomic E-state index is 0.00128. The standard InChI is InChI=1S/C16H12BrF2NO3/c17-9-5-11(18)10(12(19)6-9)7-20-8-15(16(21)22)23-14-4-2-1-3-13(14)20/h1-6,15H,7-8H2,(H,21,22). The van der Waals surface area contributed by atoms with E-state index < -0.39 is 23.7 Å². The Morgan fingerprint density at radius 3 is 2.61 bits per heavy atom. The van der Waals surface area contributed by atoms with Gasteiger partial charge in [-0.15, -0.1) is 0 Å². The van der Waals surface area contributed by atoms with Crippen LogP contribution in [0.1, 0.15) is 5.56 Å². The second-order valence-corrected chi connectivity index (χ2v) is 6.06. The van der Waals surface area contributed by atoms with Gasteiger partial charge in [-0.25, -0.2) is 13.6 Å². The van der Waals surface area contributed by atoms with E-state index in [0.29, 0.717) is 15.9 Å². The number of aliphatic carboxylic acids is 1. The molecule has 0 bridgehead atoms. The lowest BCUT2D eigenvalue weighted by Gasteiger charge is -2.34. The molecule has 2 aromatic rings. The van der Waals surface area contributed by atoms with Gasteiger partial charge in [0.15, 0.2) is 0 Å². The lowest BCUT2D eigenvalue weighted by Crippen LogP contribution is -2.44. The topological polar surface area (TPSA) is 49.8 Å². The molecular formula is C16H12BrF2NO3. The quantitative estimate of drug-likeness (QED) is 0.879. The summed E-state index contributed by atoms with van der Waals surface area (Å²) in [5, 5.41) is 9.19. The molecule has 0 aliphatic carbocycles. The summed E-state index contributed by atoms with van der Waals surface area (Å²) in [4.78, 5) is 12.8. The second-order valence-electron chi connectivity index (χ2n) is 5.14. The van der Waals surface area contributed by atoms with Crippen LogP contribution in [-0.4, -0.2) is 23.7 Å². The zero-order valence-corrected chi connectivity index (χ0v) is 13.4. The maximum absolute atomic E-state index is 14.1. The lowest BCUT2D eigenvalue weighted by molar-refractivity contribution is -0.144. The summed E-state index contributed by atoms with van der Waals surface area (Å²) in [7, 11) is 0. The predicted molar refractivity (Wildman–Crippen MR) is 83.6 cm³/mol. The van der Waals surface area contributed by atoms with Crippen molar-refractivity contribution in [1.82, 2.24) is 0 Å². The van der Waals surface area contributed by atoms with Crippen molar-refractivity contribution >= 4 is 27.6 Å². The first-order valence-corrected chi connectivity index (χ1v) is 7.62. The Kier molecular flexibility index (Phi) is 4.21. The van der Waals surface area contributed by atoms with Crippen molar-refractivity contribution in [2.75, 3.05) is 11.4 Å². The minimum Gasteiger partial charge on any atom is -0.478 e. The molecule has 0 saturated heterocycles. The fourth-order valence-electron chi connectivity index (χ4n) is 2.50. The number of carboxylic acid groups (broad SMARTS) is 1. The number of anilines is 1. The van der Waals surface area contributed by atoms with Crippen LogP contribution in [0, 0.1) is 11.6 Å². The van der Waals surface area contributed by atoms with Crippen LogP contribution in [0.25, 0.3) is 0 Å². The van der Waals surface area contributed by atoms with Crippen LogP contribution in [0.15, 0.2) is 40.9 Å². The molecule has 0 fully saturated rings. The number of carboxylic acids is 1. The van der Waals surface area contributed by atoms with Crippen LogP contribution < -0.4 is 9.64 Å². The van der Waals surface area contributed by atoms with Gasteiger partial charge in [0.25, 0.3) is 0 Å². The van der Waals surface area contributed by atoms with Crippen molar-refractivity contribution < 1.29 is 23.4 Å². The number of halogens is 3. The Morgan fingerprint density at radius 2 is 1.96 bits per heavy atom. The average molecular weight is 384 g/mol. The van der Waals surface area contributed by atoms with Gasteiger partial charge in [-0.2, -0.15) is 0 Å². The number of carbonyl (C=O) groups is 1. The third-order valence-electron chi connectivity index (χ3n) is 3.59. The van der Waals surface area contributed by atoms with Crippen molar-refractivity contribution in [3.8, 4) is 5.75 Å². The van der Waals surface area contributed by atoms with Crippen molar-refractivity contribution in [3.05, 3.63) is 58.1 Å². The summed E-state index contributed by atoms with van der Waals surface area (Å²) >= 11 is 3.04. The summed E-state index contributed by atoms with van der Waals surface area (Å²) in [6, 6.07) is 9.18. The Morgan fingerprint density at radius 1 is 1.30 bits per heavy atom. The summed E-state index contributed by atoms with van der Waals surface area (Å²) in [6.07, 6.45) is -1.09. The predicted octanol–water partition coefficient (Wildman–Crippen LogP) is 3.58. The van der Waals surface area contributed by atoms with Crippen LogP contribution in [0.4, 0.5) is 14.5 Å². The van der Waals surface area contributed by atoms with Crippen molar-refractivity contribution in [2.24, 2.45) is 0 Å². The van der Waals surface area contributed by atoms with E-state index in [4.69, 9.17) is 4.74 Å². The van der Waals surface area contributed by atoms with Crippen LogP contribution in [0.5, 0.6) is 5.75 Å². The molecule has 4 nitrogen and oxygen atoms in total. The number of benzene rings is 2. The number of ether oxygens (including phenoxy) is 1. The number of hydrogen-bond acceptors (Lipinski definition) is 3. The first-order chi connectivity index (χ1) is 11.0. The van der Waals surface area contributed by atoms with E-state index in [9.17, 15) is 18.7 Å². The third kappa shape index (κ3) is 3.14. The molecule has 1 aliphatic heterocycles. The maximum Gasteiger partial charge on any atom is 0.346 e. The zero-order chi connectivity index (χ0) is 16.6. The molecule has 7 heteroatoms. The molecule has 0 aromatic heterocycles. The highest BCUT2D eigenvalue weighted by atomic mass is 79.9. The van der Waals surface area contributed by atoms with Gasteiger partial charge < -0.3 is 14.7 Å². The normalized spacial score (nSPS) is 16.7. The van der Waals surface area contributed by atoms with E-state index in [-0.39, 0.29) is 18.7 Å². The number of hydrogen-bond donors (Lipinski definition) is 1. The van der Waals surface area contributed by atoms with Gasteiger partial charge in [0, 0.05) is 16.6 Å². The van der Waals surface area contributed by atoms with E-state index in [1.165, 1.54) is 12.1 Å². The van der Waals surface area contributed by atoms with Crippen molar-refractivity contribution in [2.45, 2.75) is 12.6 Å². The fourth-order valence-corrected chi connectivity index (χ4v) is 2.90. The highest BCUT2D eigenvalue weighted by Crippen LogP contribution is 2.35. The van der Waals surface area contributed by atoms with E-state index in [1.54, 1.807) is 29.2 Å². The molecule has 1 heterocycles. The van der Waals surface area contributed by atoms with Crippen LogP contribution in [-0.2, 0) is 11.3 Å². The number of para-hydroxylation sites is 2. The largest absolute Gasteiger partial charge is 0.478 e. The van der Waals surface area contributed by atoms with Gasteiger partial charge in [0.1, 0.15) is 17.4 Å². The number of fused-ring (bicyclic) bond motifs is 1. The van der Waals surface area contributed by atoms with Gasteiger partial charge >= 0.3 is 5.97 Å². The first kappa shape index (κ1) is 15.7. The summed E-state index contributed by atoms with van der Waals surface area (Å²) in [6.45, 7) is -0.0869. The second kappa shape index (κ2) is 6.16. The molecule has 1 unspecified atom stereocenters.